The minimum absolute atomic E-state index is 0.106. The van der Waals surface area contributed by atoms with Gasteiger partial charge in [-0.1, -0.05) is 20.8 Å². The molecule has 1 fully saturated rings. The average molecular weight is 156 g/mol. The Morgan fingerprint density at radius 1 is 1.36 bits per heavy atom. The highest BCUT2D eigenvalue weighted by molar-refractivity contribution is 4.88. The SMILES string of the molecule is CC(C)[C@H]1COC(C)(C)[C@H]1C. The monoisotopic (exact) mass is 156 g/mol. The van der Waals surface area contributed by atoms with Crippen LogP contribution in [0.4, 0.5) is 0 Å². The topological polar surface area (TPSA) is 9.23 Å². The molecule has 1 nitrogen and oxygen atoms in total. The van der Waals surface area contributed by atoms with Crippen molar-refractivity contribution in [3.05, 3.63) is 0 Å². The fraction of sp³-hybridized carbons (Fsp3) is 1.00. The normalized spacial score (nSPS) is 36.5. The van der Waals surface area contributed by atoms with E-state index < -0.39 is 0 Å². The molecule has 0 N–H and O–H groups in total. The zero-order valence-electron chi connectivity index (χ0n) is 8.35. The summed E-state index contributed by atoms with van der Waals surface area (Å²) < 4.78 is 5.73. The van der Waals surface area contributed by atoms with Crippen LogP contribution in [0.1, 0.15) is 34.6 Å². The second-order valence-electron chi connectivity index (χ2n) is 4.61. The zero-order chi connectivity index (χ0) is 8.65. The highest BCUT2D eigenvalue weighted by Gasteiger charge is 2.40. The molecule has 1 saturated heterocycles. The second-order valence-corrected chi connectivity index (χ2v) is 4.61. The molecule has 1 heterocycles. The van der Waals surface area contributed by atoms with Gasteiger partial charge in [0.25, 0.3) is 0 Å². The van der Waals surface area contributed by atoms with Crippen molar-refractivity contribution in [2.45, 2.75) is 40.2 Å². The second kappa shape index (κ2) is 2.78. The van der Waals surface area contributed by atoms with Gasteiger partial charge in [-0.2, -0.15) is 0 Å². The number of ether oxygens (including phenoxy) is 1. The molecular formula is C10H20O. The van der Waals surface area contributed by atoms with Gasteiger partial charge in [0.1, 0.15) is 0 Å². The molecule has 1 heteroatoms. The fourth-order valence-corrected chi connectivity index (χ4v) is 1.87. The number of rotatable bonds is 1. The summed E-state index contributed by atoms with van der Waals surface area (Å²) in [6, 6.07) is 0. The van der Waals surface area contributed by atoms with Crippen LogP contribution in [0.15, 0.2) is 0 Å². The molecule has 1 rings (SSSR count). The first-order chi connectivity index (χ1) is 4.95. The van der Waals surface area contributed by atoms with Crippen molar-refractivity contribution >= 4 is 0 Å². The van der Waals surface area contributed by atoms with Crippen LogP contribution in [0.2, 0.25) is 0 Å². The summed E-state index contributed by atoms with van der Waals surface area (Å²) in [5, 5.41) is 0. The molecule has 0 saturated carbocycles. The Morgan fingerprint density at radius 3 is 2.09 bits per heavy atom. The van der Waals surface area contributed by atoms with Crippen molar-refractivity contribution in [2.75, 3.05) is 6.61 Å². The van der Waals surface area contributed by atoms with Crippen LogP contribution in [0.3, 0.4) is 0 Å². The highest BCUT2D eigenvalue weighted by Crippen LogP contribution is 2.38. The molecule has 0 radical (unpaired) electrons. The van der Waals surface area contributed by atoms with Gasteiger partial charge in [-0.05, 0) is 31.6 Å². The van der Waals surface area contributed by atoms with Crippen molar-refractivity contribution in [1.29, 1.82) is 0 Å². The summed E-state index contributed by atoms with van der Waals surface area (Å²) in [7, 11) is 0. The van der Waals surface area contributed by atoms with Crippen LogP contribution in [-0.2, 0) is 4.74 Å². The number of hydrogen-bond acceptors (Lipinski definition) is 1. The first-order valence-electron chi connectivity index (χ1n) is 4.59. The first kappa shape index (κ1) is 9.05. The lowest BCUT2D eigenvalue weighted by molar-refractivity contribution is 0.0152. The van der Waals surface area contributed by atoms with E-state index in [2.05, 4.69) is 34.6 Å². The molecule has 0 aromatic heterocycles. The lowest BCUT2D eigenvalue weighted by Crippen LogP contribution is -2.28. The van der Waals surface area contributed by atoms with E-state index in [1.165, 1.54) is 0 Å². The zero-order valence-corrected chi connectivity index (χ0v) is 8.35. The minimum Gasteiger partial charge on any atom is -0.375 e. The maximum absolute atomic E-state index is 5.73. The summed E-state index contributed by atoms with van der Waals surface area (Å²) >= 11 is 0. The maximum Gasteiger partial charge on any atom is 0.0655 e. The average Bonchev–Trinajstić information content (AvgIpc) is 2.09. The summed E-state index contributed by atoms with van der Waals surface area (Å²) in [6.07, 6.45) is 0. The van der Waals surface area contributed by atoms with Gasteiger partial charge in [-0.25, -0.2) is 0 Å². The summed E-state index contributed by atoms with van der Waals surface area (Å²) in [5.74, 6) is 2.21. The fourth-order valence-electron chi connectivity index (χ4n) is 1.87. The predicted molar refractivity (Wildman–Crippen MR) is 47.5 cm³/mol. The molecule has 0 spiro atoms. The molecular weight excluding hydrogens is 136 g/mol. The van der Waals surface area contributed by atoms with Crippen molar-refractivity contribution < 1.29 is 4.74 Å². The molecule has 0 aromatic rings. The minimum atomic E-state index is 0.106. The summed E-state index contributed by atoms with van der Waals surface area (Å²) in [4.78, 5) is 0. The lowest BCUT2D eigenvalue weighted by atomic mass is 9.79. The van der Waals surface area contributed by atoms with Gasteiger partial charge in [0.15, 0.2) is 0 Å². The lowest BCUT2D eigenvalue weighted by Gasteiger charge is -2.26. The quantitative estimate of drug-likeness (QED) is 0.567. The highest BCUT2D eigenvalue weighted by atomic mass is 16.5. The molecule has 11 heavy (non-hydrogen) atoms. The van der Waals surface area contributed by atoms with E-state index in [0.29, 0.717) is 5.92 Å². The smallest absolute Gasteiger partial charge is 0.0655 e. The van der Waals surface area contributed by atoms with Crippen LogP contribution in [0, 0.1) is 17.8 Å². The van der Waals surface area contributed by atoms with Crippen molar-refractivity contribution in [3.63, 3.8) is 0 Å². The largest absolute Gasteiger partial charge is 0.375 e. The van der Waals surface area contributed by atoms with Crippen molar-refractivity contribution in [1.82, 2.24) is 0 Å². The third kappa shape index (κ3) is 1.58. The van der Waals surface area contributed by atoms with E-state index in [1.54, 1.807) is 0 Å². The molecule has 0 amide bonds. The van der Waals surface area contributed by atoms with Gasteiger partial charge < -0.3 is 4.74 Å². The van der Waals surface area contributed by atoms with Crippen LogP contribution in [0.5, 0.6) is 0 Å². The van der Waals surface area contributed by atoms with Crippen LogP contribution in [0.25, 0.3) is 0 Å². The Bertz CT molecular complexity index is 138. The van der Waals surface area contributed by atoms with Gasteiger partial charge in [0.05, 0.1) is 12.2 Å². The summed E-state index contributed by atoms with van der Waals surface area (Å²) in [6.45, 7) is 12.2. The van der Waals surface area contributed by atoms with Crippen LogP contribution >= 0.6 is 0 Å². The third-order valence-electron chi connectivity index (χ3n) is 3.24. The Kier molecular flexibility index (Phi) is 2.29. The van der Waals surface area contributed by atoms with Crippen LogP contribution in [-0.4, -0.2) is 12.2 Å². The molecule has 0 aromatic carbocycles. The van der Waals surface area contributed by atoms with Gasteiger partial charge in [0.2, 0.25) is 0 Å². The Morgan fingerprint density at radius 2 is 1.91 bits per heavy atom. The van der Waals surface area contributed by atoms with E-state index in [9.17, 15) is 0 Å². The predicted octanol–water partition coefficient (Wildman–Crippen LogP) is 2.70. The van der Waals surface area contributed by atoms with Crippen molar-refractivity contribution in [3.8, 4) is 0 Å². The molecule has 0 aliphatic carbocycles. The van der Waals surface area contributed by atoms with E-state index in [4.69, 9.17) is 4.74 Å². The Balaban J connectivity index is 2.63. The van der Waals surface area contributed by atoms with Gasteiger partial charge >= 0.3 is 0 Å². The standard InChI is InChI=1S/C10H20O/c1-7(2)9-6-11-10(4,5)8(9)3/h7-9H,6H2,1-5H3/t8-,9+/m0/s1. The maximum atomic E-state index is 5.73. The molecule has 0 bridgehead atoms. The van der Waals surface area contributed by atoms with Gasteiger partial charge in [0, 0.05) is 0 Å². The van der Waals surface area contributed by atoms with E-state index in [0.717, 1.165) is 18.4 Å². The van der Waals surface area contributed by atoms with Gasteiger partial charge in [-0.15, -0.1) is 0 Å². The molecule has 2 atom stereocenters. The Labute approximate surface area is 70.1 Å². The van der Waals surface area contributed by atoms with E-state index in [1.807, 2.05) is 0 Å². The van der Waals surface area contributed by atoms with Crippen molar-refractivity contribution in [2.24, 2.45) is 17.8 Å². The molecule has 1 aliphatic heterocycles. The van der Waals surface area contributed by atoms with Crippen LogP contribution < -0.4 is 0 Å². The third-order valence-corrected chi connectivity index (χ3v) is 3.24. The van der Waals surface area contributed by atoms with E-state index in [-0.39, 0.29) is 5.60 Å². The molecule has 0 unspecified atom stereocenters. The van der Waals surface area contributed by atoms with Gasteiger partial charge in [-0.3, -0.25) is 0 Å². The molecule has 66 valence electrons. The number of hydrogen-bond donors (Lipinski definition) is 0. The summed E-state index contributed by atoms with van der Waals surface area (Å²) in [5.41, 5.74) is 0.106. The van der Waals surface area contributed by atoms with E-state index >= 15 is 0 Å². The first-order valence-corrected chi connectivity index (χ1v) is 4.59. The molecule has 1 aliphatic rings. The Hall–Kier alpha value is -0.0400.